The fourth-order valence-corrected chi connectivity index (χ4v) is 5.72. The summed E-state index contributed by atoms with van der Waals surface area (Å²) in [6.45, 7) is 1.92. The van der Waals surface area contributed by atoms with Crippen LogP contribution in [0.4, 0.5) is 0 Å². The summed E-state index contributed by atoms with van der Waals surface area (Å²) in [6, 6.07) is 3.54. The minimum atomic E-state index is -3.35. The molecule has 1 saturated carbocycles. The third-order valence-electron chi connectivity index (χ3n) is 3.22. The first-order valence-corrected chi connectivity index (χ1v) is 9.43. The lowest BCUT2D eigenvalue weighted by atomic mass is 10.1. The molecule has 0 spiro atoms. The highest BCUT2D eigenvalue weighted by atomic mass is 79.9. The summed E-state index contributed by atoms with van der Waals surface area (Å²) < 4.78 is 27.8. The molecule has 0 saturated heterocycles. The second-order valence-electron chi connectivity index (χ2n) is 4.75. The Labute approximate surface area is 121 Å². The van der Waals surface area contributed by atoms with Gasteiger partial charge in [0.25, 0.3) is 0 Å². The molecule has 18 heavy (non-hydrogen) atoms. The molecule has 2 atom stereocenters. The van der Waals surface area contributed by atoms with Crippen LogP contribution in [-0.2, 0) is 10.0 Å². The summed E-state index contributed by atoms with van der Waals surface area (Å²) in [5.41, 5.74) is 0. The van der Waals surface area contributed by atoms with Crippen LogP contribution in [0.2, 0.25) is 0 Å². The van der Waals surface area contributed by atoms with E-state index in [1.54, 1.807) is 6.07 Å². The van der Waals surface area contributed by atoms with Gasteiger partial charge in [-0.25, -0.2) is 13.1 Å². The molecule has 0 radical (unpaired) electrons. The lowest BCUT2D eigenvalue weighted by Crippen LogP contribution is -2.39. The molecule has 6 heteroatoms. The second-order valence-corrected chi connectivity index (χ2v) is 9.15. The van der Waals surface area contributed by atoms with Gasteiger partial charge in [0, 0.05) is 15.7 Å². The Morgan fingerprint density at radius 3 is 2.67 bits per heavy atom. The molecule has 1 N–H and O–H groups in total. The largest absolute Gasteiger partial charge is 0.250 e. The van der Waals surface area contributed by atoms with E-state index in [1.165, 1.54) is 24.2 Å². The van der Waals surface area contributed by atoms with E-state index in [0.29, 0.717) is 4.21 Å². The van der Waals surface area contributed by atoms with E-state index in [2.05, 4.69) is 20.7 Å². The van der Waals surface area contributed by atoms with Crippen LogP contribution < -0.4 is 4.72 Å². The predicted octanol–water partition coefficient (Wildman–Crippen LogP) is 3.43. The normalized spacial score (nSPS) is 25.9. The third-order valence-corrected chi connectivity index (χ3v) is 7.30. The van der Waals surface area contributed by atoms with Gasteiger partial charge in [0.2, 0.25) is 10.0 Å². The first-order chi connectivity index (χ1) is 8.49. The number of nitrogens with one attached hydrogen (secondary N) is 1. The van der Waals surface area contributed by atoms with Gasteiger partial charge in [-0.2, -0.15) is 0 Å². The molecule has 0 aromatic carbocycles. The van der Waals surface area contributed by atoms with Gasteiger partial charge in [0.15, 0.2) is 0 Å². The van der Waals surface area contributed by atoms with E-state index < -0.39 is 10.0 Å². The molecule has 0 bridgehead atoms. The van der Waals surface area contributed by atoms with Crippen LogP contribution in [0, 0.1) is 6.92 Å². The van der Waals surface area contributed by atoms with Crippen LogP contribution >= 0.6 is 27.3 Å². The third kappa shape index (κ3) is 3.56. The molecule has 1 aliphatic carbocycles. The standard InChI is InChI=1S/C12H18BrNO2S2/c1-9-7-8-12(17-9)18(15,16)14-11-6-4-2-3-5-10(11)13/h7-8,10-11,14H,2-6H2,1H3. The molecule has 1 fully saturated rings. The van der Waals surface area contributed by atoms with E-state index >= 15 is 0 Å². The van der Waals surface area contributed by atoms with E-state index in [1.807, 2.05) is 13.0 Å². The molecule has 1 aromatic heterocycles. The molecule has 1 heterocycles. The van der Waals surface area contributed by atoms with Crippen LogP contribution in [0.1, 0.15) is 37.0 Å². The number of halogens is 1. The monoisotopic (exact) mass is 351 g/mol. The van der Waals surface area contributed by atoms with Crippen molar-refractivity contribution in [1.29, 1.82) is 0 Å². The number of rotatable bonds is 3. The van der Waals surface area contributed by atoms with Crippen molar-refractivity contribution in [1.82, 2.24) is 4.72 Å². The molecule has 2 unspecified atom stereocenters. The van der Waals surface area contributed by atoms with Crippen LogP contribution in [0.15, 0.2) is 16.3 Å². The van der Waals surface area contributed by atoms with Gasteiger partial charge in [-0.1, -0.05) is 35.2 Å². The lowest BCUT2D eigenvalue weighted by molar-refractivity contribution is 0.522. The molecule has 2 rings (SSSR count). The van der Waals surface area contributed by atoms with Crippen LogP contribution in [-0.4, -0.2) is 19.3 Å². The zero-order valence-electron chi connectivity index (χ0n) is 10.4. The van der Waals surface area contributed by atoms with Gasteiger partial charge in [0.1, 0.15) is 4.21 Å². The first-order valence-electron chi connectivity index (χ1n) is 6.22. The Morgan fingerprint density at radius 2 is 2.00 bits per heavy atom. The van der Waals surface area contributed by atoms with Gasteiger partial charge >= 0.3 is 0 Å². The fraction of sp³-hybridized carbons (Fsp3) is 0.667. The lowest BCUT2D eigenvalue weighted by Gasteiger charge is -2.20. The van der Waals surface area contributed by atoms with Crippen molar-refractivity contribution in [2.75, 3.05) is 0 Å². The highest BCUT2D eigenvalue weighted by Crippen LogP contribution is 2.26. The average Bonchev–Trinajstić information content (AvgIpc) is 2.65. The summed E-state index contributed by atoms with van der Waals surface area (Å²) in [4.78, 5) is 1.27. The number of hydrogen-bond donors (Lipinski definition) is 1. The van der Waals surface area contributed by atoms with Gasteiger partial charge in [0.05, 0.1) is 0 Å². The first kappa shape index (κ1) is 14.5. The Kier molecular flexibility index (Phi) is 4.86. The minimum Gasteiger partial charge on any atom is -0.206 e. The van der Waals surface area contributed by atoms with Crippen LogP contribution in [0.25, 0.3) is 0 Å². The molecule has 0 amide bonds. The minimum absolute atomic E-state index is 0.0138. The van der Waals surface area contributed by atoms with E-state index in [9.17, 15) is 8.42 Å². The molecule has 0 aliphatic heterocycles. The Hall–Kier alpha value is 0.0900. The molecule has 1 aliphatic rings. The van der Waals surface area contributed by atoms with Gasteiger partial charge < -0.3 is 0 Å². The molecule has 102 valence electrons. The zero-order valence-corrected chi connectivity index (χ0v) is 13.6. The smallest absolute Gasteiger partial charge is 0.206 e. The molecule has 1 aromatic rings. The summed E-state index contributed by atoms with van der Waals surface area (Å²) in [6.07, 6.45) is 5.42. The summed E-state index contributed by atoms with van der Waals surface area (Å²) in [5, 5.41) is 0. The Bertz CT molecular complexity index is 498. The van der Waals surface area contributed by atoms with Crippen molar-refractivity contribution >= 4 is 37.3 Å². The summed E-state index contributed by atoms with van der Waals surface area (Å²) in [7, 11) is -3.35. The van der Waals surface area contributed by atoms with E-state index in [0.717, 1.165) is 24.1 Å². The average molecular weight is 352 g/mol. The number of alkyl halides is 1. The van der Waals surface area contributed by atoms with Crippen molar-refractivity contribution in [2.24, 2.45) is 0 Å². The predicted molar refractivity (Wildman–Crippen MR) is 79.0 cm³/mol. The molecule has 3 nitrogen and oxygen atoms in total. The Balaban J connectivity index is 2.11. The van der Waals surface area contributed by atoms with Crippen LogP contribution in [0.5, 0.6) is 0 Å². The second kappa shape index (κ2) is 6.03. The zero-order chi connectivity index (χ0) is 13.2. The fourth-order valence-electron chi connectivity index (χ4n) is 2.21. The maximum Gasteiger partial charge on any atom is 0.250 e. The van der Waals surface area contributed by atoms with Crippen molar-refractivity contribution in [2.45, 2.75) is 54.1 Å². The van der Waals surface area contributed by atoms with E-state index in [-0.39, 0.29) is 10.9 Å². The Morgan fingerprint density at radius 1 is 1.28 bits per heavy atom. The topological polar surface area (TPSA) is 46.2 Å². The van der Waals surface area contributed by atoms with Gasteiger partial charge in [-0.05, 0) is 31.9 Å². The van der Waals surface area contributed by atoms with E-state index in [4.69, 9.17) is 0 Å². The number of sulfonamides is 1. The number of thiophene rings is 1. The number of aryl methyl sites for hydroxylation is 1. The molecular formula is C12H18BrNO2S2. The van der Waals surface area contributed by atoms with Crippen LogP contribution in [0.3, 0.4) is 0 Å². The van der Waals surface area contributed by atoms with Gasteiger partial charge in [-0.15, -0.1) is 11.3 Å². The number of hydrogen-bond acceptors (Lipinski definition) is 3. The summed E-state index contributed by atoms with van der Waals surface area (Å²) in [5.74, 6) is 0. The highest BCUT2D eigenvalue weighted by Gasteiger charge is 2.27. The van der Waals surface area contributed by atoms with Crippen molar-refractivity contribution in [3.63, 3.8) is 0 Å². The van der Waals surface area contributed by atoms with Gasteiger partial charge in [-0.3, -0.25) is 0 Å². The summed E-state index contributed by atoms with van der Waals surface area (Å²) >= 11 is 4.94. The SMILES string of the molecule is Cc1ccc(S(=O)(=O)NC2CCCCCC2Br)s1. The molecular weight excluding hydrogens is 334 g/mol. The maximum absolute atomic E-state index is 12.2. The quantitative estimate of drug-likeness (QED) is 0.669. The van der Waals surface area contributed by atoms with Crippen molar-refractivity contribution in [3.8, 4) is 0 Å². The van der Waals surface area contributed by atoms with Crippen molar-refractivity contribution < 1.29 is 8.42 Å². The highest BCUT2D eigenvalue weighted by molar-refractivity contribution is 9.09. The maximum atomic E-state index is 12.2. The van der Waals surface area contributed by atoms with Crippen molar-refractivity contribution in [3.05, 3.63) is 17.0 Å².